The molecule has 8 heteroatoms. The molecule has 20 heavy (non-hydrogen) atoms. The summed E-state index contributed by atoms with van der Waals surface area (Å²) in [5.74, 6) is 2.19. The standard InChI is InChI=1S/C12H20Cl2N6/c1-11(7-13,9-15-3-4-16-9)19-20-12(2,8-14)10-17-5-6-18-10/h3-8H2,1-2H3,(H,15,16)(H,17,18). The quantitative estimate of drug-likeness (QED) is 0.574. The van der Waals surface area contributed by atoms with Crippen molar-refractivity contribution in [2.24, 2.45) is 20.2 Å². The first-order valence-electron chi connectivity index (χ1n) is 6.68. The molecule has 2 heterocycles. The van der Waals surface area contributed by atoms with Crippen molar-refractivity contribution in [3.8, 4) is 0 Å². The number of azo groups is 1. The average Bonchev–Trinajstić information content (AvgIpc) is 3.16. The van der Waals surface area contributed by atoms with Crippen LogP contribution in [0, 0.1) is 0 Å². The first-order valence-corrected chi connectivity index (χ1v) is 7.74. The van der Waals surface area contributed by atoms with Gasteiger partial charge in [-0.2, -0.15) is 10.2 Å². The molecule has 2 N–H and O–H groups in total. The molecule has 0 aromatic carbocycles. The highest BCUT2D eigenvalue weighted by Crippen LogP contribution is 2.22. The summed E-state index contributed by atoms with van der Waals surface area (Å²) in [5.41, 5.74) is -1.30. The van der Waals surface area contributed by atoms with Gasteiger partial charge in [0.05, 0.1) is 24.8 Å². The number of nitrogens with one attached hydrogen (secondary N) is 2. The predicted molar refractivity (Wildman–Crippen MR) is 83.7 cm³/mol. The van der Waals surface area contributed by atoms with E-state index >= 15 is 0 Å². The zero-order chi connectivity index (χ0) is 14.6. The van der Waals surface area contributed by atoms with E-state index < -0.39 is 11.1 Å². The first-order chi connectivity index (χ1) is 9.54. The summed E-state index contributed by atoms with van der Waals surface area (Å²) in [6.07, 6.45) is 0. The van der Waals surface area contributed by atoms with Gasteiger partial charge in [0.25, 0.3) is 0 Å². The van der Waals surface area contributed by atoms with E-state index in [9.17, 15) is 0 Å². The Balaban J connectivity index is 2.20. The number of hydrogen-bond acceptors (Lipinski definition) is 6. The molecule has 0 aromatic heterocycles. The van der Waals surface area contributed by atoms with Crippen molar-refractivity contribution in [3.05, 3.63) is 0 Å². The van der Waals surface area contributed by atoms with Crippen LogP contribution in [0.15, 0.2) is 20.2 Å². The summed E-state index contributed by atoms with van der Waals surface area (Å²) in [4.78, 5) is 8.78. The van der Waals surface area contributed by atoms with Gasteiger partial charge in [0.2, 0.25) is 0 Å². The smallest absolute Gasteiger partial charge is 0.149 e. The highest BCUT2D eigenvalue weighted by molar-refractivity contribution is 6.21. The molecule has 0 saturated carbocycles. The molecular formula is C12H20Cl2N6. The van der Waals surface area contributed by atoms with Crippen LogP contribution >= 0.6 is 23.2 Å². The monoisotopic (exact) mass is 318 g/mol. The van der Waals surface area contributed by atoms with Gasteiger partial charge in [-0.1, -0.05) is 0 Å². The fourth-order valence-electron chi connectivity index (χ4n) is 2.01. The van der Waals surface area contributed by atoms with Crippen LogP contribution in [0.5, 0.6) is 0 Å². The van der Waals surface area contributed by atoms with Crippen molar-refractivity contribution in [1.82, 2.24) is 10.6 Å². The first kappa shape index (κ1) is 15.5. The van der Waals surface area contributed by atoms with Crippen LogP contribution in [-0.2, 0) is 0 Å². The lowest BCUT2D eigenvalue weighted by atomic mass is 10.0. The Morgan fingerprint density at radius 3 is 1.60 bits per heavy atom. The summed E-state index contributed by atoms with van der Waals surface area (Å²) in [6, 6.07) is 0. The van der Waals surface area contributed by atoms with Gasteiger partial charge in [0.15, 0.2) is 0 Å². The largest absolute Gasteiger partial charge is 0.370 e. The Hall–Kier alpha value is -0.880. The molecule has 0 spiro atoms. The third-order valence-corrected chi connectivity index (χ3v) is 4.42. The number of hydrogen-bond donors (Lipinski definition) is 2. The van der Waals surface area contributed by atoms with E-state index in [1.54, 1.807) is 0 Å². The summed E-state index contributed by atoms with van der Waals surface area (Å²) in [7, 11) is 0. The Bertz CT molecular complexity index is 409. The zero-order valence-corrected chi connectivity index (χ0v) is 13.3. The topological polar surface area (TPSA) is 73.5 Å². The second-order valence-corrected chi connectivity index (χ2v) is 5.86. The fourth-order valence-corrected chi connectivity index (χ4v) is 2.37. The molecule has 2 rings (SSSR count). The third-order valence-electron chi connectivity index (χ3n) is 3.38. The number of halogens is 2. The van der Waals surface area contributed by atoms with Crippen LogP contribution in [0.25, 0.3) is 0 Å². The van der Waals surface area contributed by atoms with Gasteiger partial charge in [-0.3, -0.25) is 9.98 Å². The highest BCUT2D eigenvalue weighted by Gasteiger charge is 2.36. The second-order valence-electron chi connectivity index (χ2n) is 5.33. The maximum atomic E-state index is 6.07. The van der Waals surface area contributed by atoms with E-state index in [0.717, 1.165) is 37.9 Å². The summed E-state index contributed by atoms with van der Waals surface area (Å²) >= 11 is 12.1. The van der Waals surface area contributed by atoms with Crippen molar-refractivity contribution in [1.29, 1.82) is 0 Å². The summed E-state index contributed by atoms with van der Waals surface area (Å²) in [6.45, 7) is 6.96. The summed E-state index contributed by atoms with van der Waals surface area (Å²) in [5, 5.41) is 15.3. The number of amidine groups is 2. The molecule has 2 aliphatic rings. The lowest BCUT2D eigenvalue weighted by Crippen LogP contribution is -2.45. The van der Waals surface area contributed by atoms with Crippen LogP contribution in [0.4, 0.5) is 0 Å². The molecule has 2 aliphatic heterocycles. The van der Waals surface area contributed by atoms with Crippen molar-refractivity contribution in [3.63, 3.8) is 0 Å². The van der Waals surface area contributed by atoms with Gasteiger partial charge >= 0.3 is 0 Å². The molecule has 112 valence electrons. The van der Waals surface area contributed by atoms with E-state index in [-0.39, 0.29) is 0 Å². The number of aliphatic imine (C=N–C) groups is 2. The molecule has 2 unspecified atom stereocenters. The van der Waals surface area contributed by atoms with Crippen LogP contribution in [0.1, 0.15) is 13.8 Å². The van der Waals surface area contributed by atoms with Gasteiger partial charge in [-0.25, -0.2) is 0 Å². The van der Waals surface area contributed by atoms with Crippen LogP contribution in [-0.4, -0.2) is 60.7 Å². The predicted octanol–water partition coefficient (Wildman–Crippen LogP) is 1.44. The molecule has 0 fully saturated rings. The summed E-state index contributed by atoms with van der Waals surface area (Å²) < 4.78 is 0. The van der Waals surface area contributed by atoms with Crippen LogP contribution in [0.2, 0.25) is 0 Å². The van der Waals surface area contributed by atoms with Crippen LogP contribution < -0.4 is 10.6 Å². The lowest BCUT2D eigenvalue weighted by molar-refractivity contribution is 0.559. The molecule has 0 bridgehead atoms. The Kier molecular flexibility index (Phi) is 4.86. The number of alkyl halides is 2. The van der Waals surface area contributed by atoms with Gasteiger partial charge in [-0.05, 0) is 13.8 Å². The second kappa shape index (κ2) is 6.26. The molecule has 0 aromatic rings. The maximum Gasteiger partial charge on any atom is 0.149 e. The number of rotatable bonds is 6. The van der Waals surface area contributed by atoms with Gasteiger partial charge in [-0.15, -0.1) is 23.2 Å². The minimum Gasteiger partial charge on any atom is -0.370 e. The maximum absolute atomic E-state index is 6.07. The molecule has 0 amide bonds. The molecule has 2 atom stereocenters. The Labute approximate surface area is 129 Å². The minimum absolute atomic E-state index is 0.306. The van der Waals surface area contributed by atoms with E-state index in [0.29, 0.717) is 11.8 Å². The molecule has 6 nitrogen and oxygen atoms in total. The normalized spacial score (nSPS) is 24.6. The lowest BCUT2D eigenvalue weighted by Gasteiger charge is -2.26. The number of nitrogens with zero attached hydrogens (tertiary/aromatic N) is 4. The van der Waals surface area contributed by atoms with E-state index in [2.05, 4.69) is 30.8 Å². The minimum atomic E-state index is -0.648. The van der Waals surface area contributed by atoms with Crippen molar-refractivity contribution < 1.29 is 0 Å². The highest BCUT2D eigenvalue weighted by atomic mass is 35.5. The average molecular weight is 319 g/mol. The Morgan fingerprint density at radius 1 is 0.950 bits per heavy atom. The Morgan fingerprint density at radius 2 is 1.35 bits per heavy atom. The van der Waals surface area contributed by atoms with Gasteiger partial charge in [0.1, 0.15) is 22.7 Å². The SMILES string of the molecule is CC(CCl)(N=NC(C)(CCl)C1=NCCN1)C1=NCCN1. The molecular weight excluding hydrogens is 299 g/mol. The molecule has 0 radical (unpaired) electrons. The van der Waals surface area contributed by atoms with Crippen LogP contribution in [0.3, 0.4) is 0 Å². The van der Waals surface area contributed by atoms with Gasteiger partial charge < -0.3 is 10.6 Å². The van der Waals surface area contributed by atoms with Crippen molar-refractivity contribution in [2.75, 3.05) is 37.9 Å². The molecule has 0 saturated heterocycles. The van der Waals surface area contributed by atoms with Crippen molar-refractivity contribution in [2.45, 2.75) is 24.9 Å². The molecule has 0 aliphatic carbocycles. The zero-order valence-electron chi connectivity index (χ0n) is 11.8. The van der Waals surface area contributed by atoms with E-state index in [1.165, 1.54) is 0 Å². The van der Waals surface area contributed by atoms with Crippen molar-refractivity contribution >= 4 is 34.9 Å². The van der Waals surface area contributed by atoms with Gasteiger partial charge in [0, 0.05) is 13.1 Å². The fraction of sp³-hybridized carbons (Fsp3) is 0.833. The van der Waals surface area contributed by atoms with E-state index in [4.69, 9.17) is 23.2 Å². The third kappa shape index (κ3) is 3.06. The van der Waals surface area contributed by atoms with E-state index in [1.807, 2.05) is 13.8 Å².